The van der Waals surface area contributed by atoms with Crippen LogP contribution in [0.3, 0.4) is 0 Å². The Morgan fingerprint density at radius 3 is 2.80 bits per heavy atom. The van der Waals surface area contributed by atoms with Crippen LogP contribution in [0.25, 0.3) is 0 Å². The van der Waals surface area contributed by atoms with Gasteiger partial charge in [-0.25, -0.2) is 0 Å². The number of ether oxygens (including phenoxy) is 1. The lowest BCUT2D eigenvalue weighted by Crippen LogP contribution is -2.59. The average Bonchev–Trinajstić information content (AvgIpc) is 2.47. The fraction of sp³-hybridized carbons (Fsp3) is 0.900. The molecule has 5 heteroatoms. The number of aliphatic carboxylic acids is 1. The van der Waals surface area contributed by atoms with Crippen LogP contribution in [0.4, 0.5) is 0 Å². The molecule has 0 aromatic carbocycles. The topological polar surface area (TPSA) is 58.6 Å². The molecule has 0 saturated carbocycles. The Kier molecular flexibility index (Phi) is 3.23. The number of rotatable bonds is 4. The number of hydrogen-bond donors (Lipinski definition) is 2. The maximum absolute atomic E-state index is 10.8. The van der Waals surface area contributed by atoms with Gasteiger partial charge in [0.1, 0.15) is 0 Å². The Hall–Kier alpha value is -0.260. The lowest BCUT2D eigenvalue weighted by molar-refractivity contribution is -0.138. The summed E-state index contributed by atoms with van der Waals surface area (Å²) < 4.78 is 5.41. The molecule has 2 unspecified atom stereocenters. The van der Waals surface area contributed by atoms with Crippen LogP contribution in [0.1, 0.15) is 19.8 Å². The summed E-state index contributed by atoms with van der Waals surface area (Å²) >= 11 is 1.81. The van der Waals surface area contributed by atoms with E-state index in [-0.39, 0.29) is 17.3 Å². The molecular weight excluding hydrogens is 214 g/mol. The first-order chi connectivity index (χ1) is 7.11. The normalized spacial score (nSPS) is 33.7. The van der Waals surface area contributed by atoms with E-state index in [0.717, 1.165) is 26.1 Å². The van der Waals surface area contributed by atoms with Crippen molar-refractivity contribution < 1.29 is 14.6 Å². The zero-order valence-electron chi connectivity index (χ0n) is 8.86. The molecule has 0 aromatic rings. The Balaban J connectivity index is 1.92. The molecule has 0 bridgehead atoms. The quantitative estimate of drug-likeness (QED) is 0.746. The van der Waals surface area contributed by atoms with E-state index in [4.69, 9.17) is 9.84 Å². The highest BCUT2D eigenvalue weighted by Gasteiger charge is 2.43. The summed E-state index contributed by atoms with van der Waals surface area (Å²) in [6.45, 7) is 4.51. The zero-order chi connectivity index (χ0) is 10.9. The van der Waals surface area contributed by atoms with E-state index in [0.29, 0.717) is 5.25 Å². The molecule has 15 heavy (non-hydrogen) atoms. The minimum Gasteiger partial charge on any atom is -0.481 e. The summed E-state index contributed by atoms with van der Waals surface area (Å²) in [6, 6.07) is 0. The maximum Gasteiger partial charge on any atom is 0.304 e. The number of thioether (sulfide) groups is 1. The minimum atomic E-state index is -0.699. The van der Waals surface area contributed by atoms with E-state index in [1.807, 2.05) is 11.8 Å². The summed E-state index contributed by atoms with van der Waals surface area (Å²) in [7, 11) is 0. The second kappa shape index (κ2) is 4.31. The summed E-state index contributed by atoms with van der Waals surface area (Å²) in [5.74, 6) is -0.699. The molecule has 0 aliphatic carbocycles. The van der Waals surface area contributed by atoms with E-state index in [1.54, 1.807) is 0 Å². The van der Waals surface area contributed by atoms with Gasteiger partial charge in [0.15, 0.2) is 0 Å². The second-order valence-corrected chi connectivity index (χ2v) is 6.09. The Morgan fingerprint density at radius 2 is 2.40 bits per heavy atom. The van der Waals surface area contributed by atoms with Crippen LogP contribution in [0.15, 0.2) is 0 Å². The van der Waals surface area contributed by atoms with Crippen molar-refractivity contribution in [2.75, 3.05) is 19.7 Å². The van der Waals surface area contributed by atoms with Crippen molar-refractivity contribution in [2.45, 2.75) is 35.9 Å². The SMILES string of the molecule is CC1OCCC1SC1(CC(=O)O)CNC1. The number of hydrogen-bond acceptors (Lipinski definition) is 4. The molecular formula is C10H17NO3S. The molecule has 2 aliphatic heterocycles. The third-order valence-electron chi connectivity index (χ3n) is 3.08. The van der Waals surface area contributed by atoms with Crippen molar-refractivity contribution in [3.05, 3.63) is 0 Å². The van der Waals surface area contributed by atoms with Crippen LogP contribution in [0.5, 0.6) is 0 Å². The zero-order valence-corrected chi connectivity index (χ0v) is 9.68. The van der Waals surface area contributed by atoms with Gasteiger partial charge in [-0.2, -0.15) is 0 Å². The first-order valence-electron chi connectivity index (χ1n) is 5.33. The monoisotopic (exact) mass is 231 g/mol. The smallest absolute Gasteiger partial charge is 0.304 e. The molecule has 2 aliphatic rings. The van der Waals surface area contributed by atoms with Gasteiger partial charge in [0, 0.05) is 24.9 Å². The van der Waals surface area contributed by atoms with Gasteiger partial charge < -0.3 is 15.2 Å². The predicted molar refractivity (Wildman–Crippen MR) is 59.3 cm³/mol. The van der Waals surface area contributed by atoms with Crippen LogP contribution in [0.2, 0.25) is 0 Å². The number of carboxylic acids is 1. The Morgan fingerprint density at radius 1 is 1.67 bits per heavy atom. The summed E-state index contributed by atoms with van der Waals surface area (Å²) in [5, 5.41) is 12.5. The molecule has 2 rings (SSSR count). The van der Waals surface area contributed by atoms with E-state index in [1.165, 1.54) is 0 Å². The molecule has 0 amide bonds. The van der Waals surface area contributed by atoms with Gasteiger partial charge in [-0.15, -0.1) is 11.8 Å². The Labute approximate surface area is 93.8 Å². The van der Waals surface area contributed by atoms with Crippen molar-refractivity contribution in [3.8, 4) is 0 Å². The van der Waals surface area contributed by atoms with Crippen molar-refractivity contribution in [1.29, 1.82) is 0 Å². The van der Waals surface area contributed by atoms with Crippen molar-refractivity contribution >= 4 is 17.7 Å². The second-order valence-electron chi connectivity index (χ2n) is 4.38. The average molecular weight is 231 g/mol. The highest BCUT2D eigenvalue weighted by Crippen LogP contribution is 2.40. The lowest BCUT2D eigenvalue weighted by Gasteiger charge is -2.43. The van der Waals surface area contributed by atoms with E-state index in [2.05, 4.69) is 12.2 Å². The Bertz CT molecular complexity index is 255. The third-order valence-corrected chi connectivity index (χ3v) is 4.93. The van der Waals surface area contributed by atoms with Gasteiger partial charge in [0.25, 0.3) is 0 Å². The van der Waals surface area contributed by atoms with E-state index in [9.17, 15) is 4.79 Å². The van der Waals surface area contributed by atoms with Crippen LogP contribution in [0, 0.1) is 0 Å². The molecule has 0 aromatic heterocycles. The molecule has 4 nitrogen and oxygen atoms in total. The van der Waals surface area contributed by atoms with Gasteiger partial charge in [-0.05, 0) is 13.3 Å². The van der Waals surface area contributed by atoms with Crippen LogP contribution in [-0.2, 0) is 9.53 Å². The van der Waals surface area contributed by atoms with Crippen molar-refractivity contribution in [2.24, 2.45) is 0 Å². The summed E-state index contributed by atoms with van der Waals surface area (Å²) in [5.41, 5.74) is 0. The summed E-state index contributed by atoms with van der Waals surface area (Å²) in [4.78, 5) is 10.8. The molecule has 0 spiro atoms. The molecule has 2 fully saturated rings. The standard InChI is InChI=1S/C10H17NO3S/c1-7-8(2-3-14-7)15-10(4-9(12)13)5-11-6-10/h7-8,11H,2-6H2,1H3,(H,12,13). The number of carboxylic acid groups (broad SMARTS) is 1. The van der Waals surface area contributed by atoms with Crippen molar-refractivity contribution in [1.82, 2.24) is 5.32 Å². The molecule has 2 saturated heterocycles. The number of carbonyl (C=O) groups is 1. The number of nitrogens with one attached hydrogen (secondary N) is 1. The maximum atomic E-state index is 10.8. The highest BCUT2D eigenvalue weighted by atomic mass is 32.2. The molecule has 2 heterocycles. The first kappa shape index (κ1) is 11.2. The fourth-order valence-electron chi connectivity index (χ4n) is 2.12. The van der Waals surface area contributed by atoms with Crippen LogP contribution < -0.4 is 5.32 Å². The molecule has 0 radical (unpaired) electrons. The van der Waals surface area contributed by atoms with Crippen molar-refractivity contribution in [3.63, 3.8) is 0 Å². The van der Waals surface area contributed by atoms with E-state index >= 15 is 0 Å². The first-order valence-corrected chi connectivity index (χ1v) is 6.21. The highest BCUT2D eigenvalue weighted by molar-refractivity contribution is 8.01. The van der Waals surface area contributed by atoms with Gasteiger partial charge >= 0.3 is 5.97 Å². The minimum absolute atomic E-state index is 0.0849. The largest absolute Gasteiger partial charge is 0.481 e. The van der Waals surface area contributed by atoms with E-state index < -0.39 is 5.97 Å². The molecule has 86 valence electrons. The van der Waals surface area contributed by atoms with Gasteiger partial charge in [-0.1, -0.05) is 0 Å². The van der Waals surface area contributed by atoms with Crippen LogP contribution in [-0.4, -0.2) is 46.9 Å². The van der Waals surface area contributed by atoms with Gasteiger partial charge in [0.2, 0.25) is 0 Å². The van der Waals surface area contributed by atoms with Gasteiger partial charge in [0.05, 0.1) is 17.3 Å². The lowest BCUT2D eigenvalue weighted by atomic mass is 9.98. The van der Waals surface area contributed by atoms with Gasteiger partial charge in [-0.3, -0.25) is 4.79 Å². The molecule has 2 N–H and O–H groups in total. The molecule has 2 atom stereocenters. The van der Waals surface area contributed by atoms with Crippen LogP contribution >= 0.6 is 11.8 Å². The summed E-state index contributed by atoms with van der Waals surface area (Å²) in [6.07, 6.45) is 1.57. The fourth-order valence-corrected chi connectivity index (χ4v) is 3.82. The predicted octanol–water partition coefficient (Wildman–Crippen LogP) is 0.714. The third kappa shape index (κ3) is 2.46.